The maximum Gasteiger partial charge on any atom is 0.409 e. The number of nitrogens with one attached hydrogen (secondary N) is 1. The first-order chi connectivity index (χ1) is 13.2. The molecule has 1 aliphatic carbocycles. The number of ether oxygens (including phenoxy) is 1. The Hall–Kier alpha value is -2.38. The summed E-state index contributed by atoms with van der Waals surface area (Å²) in [5.74, 6) is 1.41. The molecule has 3 aliphatic rings. The Kier molecular flexibility index (Phi) is 5.13. The number of hydrogen-bond donors (Lipinski definition) is 1. The third kappa shape index (κ3) is 3.99. The molecule has 4 rings (SSSR count). The predicted octanol–water partition coefficient (Wildman–Crippen LogP) is 1.80. The maximum atomic E-state index is 12.3. The first-order valence-electron chi connectivity index (χ1n) is 9.95. The van der Waals surface area contributed by atoms with Gasteiger partial charge >= 0.3 is 6.09 Å². The van der Waals surface area contributed by atoms with Crippen molar-refractivity contribution in [1.82, 2.24) is 19.8 Å². The van der Waals surface area contributed by atoms with Crippen molar-refractivity contribution in [3.05, 3.63) is 17.6 Å². The Morgan fingerprint density at radius 2 is 1.93 bits per heavy atom. The smallest absolute Gasteiger partial charge is 0.409 e. The number of likely N-dealkylation sites (tertiary alicyclic amines) is 1. The van der Waals surface area contributed by atoms with E-state index in [0.29, 0.717) is 26.2 Å². The molecule has 0 bridgehead atoms. The van der Waals surface area contributed by atoms with Gasteiger partial charge in [-0.2, -0.15) is 0 Å². The number of piperidine rings is 1. The van der Waals surface area contributed by atoms with E-state index in [-0.39, 0.29) is 24.0 Å². The van der Waals surface area contributed by atoms with E-state index >= 15 is 0 Å². The Morgan fingerprint density at radius 1 is 1.15 bits per heavy atom. The molecule has 1 saturated heterocycles. The minimum Gasteiger partial charge on any atom is -0.450 e. The van der Waals surface area contributed by atoms with Crippen LogP contribution in [0.1, 0.15) is 43.9 Å². The highest BCUT2D eigenvalue weighted by atomic mass is 16.6. The zero-order valence-electron chi connectivity index (χ0n) is 15.8. The minimum absolute atomic E-state index is 0.226. The molecule has 3 heterocycles. The van der Waals surface area contributed by atoms with E-state index in [1.807, 2.05) is 11.8 Å². The Bertz CT molecular complexity index is 713. The monoisotopic (exact) mass is 373 g/mol. The van der Waals surface area contributed by atoms with Gasteiger partial charge in [0.25, 0.3) is 0 Å². The summed E-state index contributed by atoms with van der Waals surface area (Å²) in [6.07, 6.45) is 5.94. The normalized spacial score (nSPS) is 20.2. The lowest BCUT2D eigenvalue weighted by Gasteiger charge is -2.33. The number of carbonyl (C=O) groups is 2. The van der Waals surface area contributed by atoms with Gasteiger partial charge in [-0.1, -0.05) is 0 Å². The molecule has 0 atom stereocenters. The van der Waals surface area contributed by atoms with Crippen LogP contribution in [0.5, 0.6) is 0 Å². The highest BCUT2D eigenvalue weighted by Gasteiger charge is 2.35. The van der Waals surface area contributed by atoms with E-state index in [2.05, 4.69) is 15.3 Å². The summed E-state index contributed by atoms with van der Waals surface area (Å²) in [6, 6.07) is 0.279. The van der Waals surface area contributed by atoms with Gasteiger partial charge in [0.2, 0.25) is 5.91 Å². The van der Waals surface area contributed by atoms with Crippen molar-refractivity contribution in [2.45, 2.75) is 51.6 Å². The van der Waals surface area contributed by atoms with Crippen LogP contribution in [-0.4, -0.2) is 64.1 Å². The number of hydrogen-bond acceptors (Lipinski definition) is 6. The third-order valence-electron chi connectivity index (χ3n) is 5.61. The second-order valence-corrected chi connectivity index (χ2v) is 7.54. The van der Waals surface area contributed by atoms with E-state index in [1.165, 1.54) is 0 Å². The van der Waals surface area contributed by atoms with Gasteiger partial charge in [0.15, 0.2) is 0 Å². The fraction of sp³-hybridized carbons (Fsp3) is 0.684. The van der Waals surface area contributed by atoms with Gasteiger partial charge in [-0.3, -0.25) is 4.79 Å². The van der Waals surface area contributed by atoms with E-state index < -0.39 is 0 Å². The molecule has 2 amide bonds. The molecule has 8 heteroatoms. The molecule has 1 aromatic rings. The fourth-order valence-electron chi connectivity index (χ4n) is 3.87. The molecule has 0 spiro atoms. The third-order valence-corrected chi connectivity index (χ3v) is 5.61. The summed E-state index contributed by atoms with van der Waals surface area (Å²) in [6.45, 7) is 4.93. The molecule has 8 nitrogen and oxygen atoms in total. The van der Waals surface area contributed by atoms with Crippen LogP contribution in [0, 0.1) is 5.92 Å². The van der Waals surface area contributed by atoms with Crippen LogP contribution in [0.25, 0.3) is 0 Å². The van der Waals surface area contributed by atoms with Gasteiger partial charge in [0.1, 0.15) is 12.1 Å². The number of anilines is 1. The van der Waals surface area contributed by atoms with Crippen LogP contribution in [0.3, 0.4) is 0 Å². The number of carbonyl (C=O) groups excluding carboxylic acids is 2. The van der Waals surface area contributed by atoms with Crippen LogP contribution < -0.4 is 5.32 Å². The second kappa shape index (κ2) is 7.70. The zero-order chi connectivity index (χ0) is 18.8. The Balaban J connectivity index is 1.36. The van der Waals surface area contributed by atoms with Crippen molar-refractivity contribution in [2.75, 3.05) is 31.6 Å². The van der Waals surface area contributed by atoms with Crippen LogP contribution in [-0.2, 0) is 22.5 Å². The van der Waals surface area contributed by atoms with Crippen molar-refractivity contribution >= 4 is 17.8 Å². The highest BCUT2D eigenvalue weighted by molar-refractivity contribution is 5.81. The lowest BCUT2D eigenvalue weighted by molar-refractivity contribution is -0.133. The molecule has 0 radical (unpaired) electrons. The lowest BCUT2D eigenvalue weighted by atomic mass is 10.0. The highest BCUT2D eigenvalue weighted by Crippen LogP contribution is 2.33. The molecular formula is C19H27N5O3. The van der Waals surface area contributed by atoms with E-state index in [4.69, 9.17) is 4.74 Å². The SMILES string of the molecule is CCOC(=O)N1CCC(Nc2ncnc3c2CCN(C(=O)C2CC2)C3)CC1. The van der Waals surface area contributed by atoms with Crippen molar-refractivity contribution < 1.29 is 14.3 Å². The average molecular weight is 373 g/mol. The van der Waals surface area contributed by atoms with Gasteiger partial charge in [0.05, 0.1) is 18.8 Å². The molecule has 1 saturated carbocycles. The lowest BCUT2D eigenvalue weighted by Crippen LogP contribution is -2.43. The van der Waals surface area contributed by atoms with Crippen molar-refractivity contribution in [3.8, 4) is 0 Å². The second-order valence-electron chi connectivity index (χ2n) is 7.54. The van der Waals surface area contributed by atoms with Crippen LogP contribution in [0.4, 0.5) is 10.6 Å². The van der Waals surface area contributed by atoms with Crippen LogP contribution in [0.2, 0.25) is 0 Å². The van der Waals surface area contributed by atoms with Gasteiger partial charge < -0.3 is 19.9 Å². The molecule has 27 heavy (non-hydrogen) atoms. The standard InChI is InChI=1S/C19H27N5O3/c1-2-27-19(26)23-8-5-14(6-9-23)22-17-15-7-10-24(18(25)13-3-4-13)11-16(15)20-12-21-17/h12-14H,2-11H2,1H3,(H,20,21,22). The number of nitrogens with zero attached hydrogens (tertiary/aromatic N) is 4. The van der Waals surface area contributed by atoms with Crippen molar-refractivity contribution in [3.63, 3.8) is 0 Å². The molecule has 1 aromatic heterocycles. The predicted molar refractivity (Wildman–Crippen MR) is 99.1 cm³/mol. The number of aromatic nitrogens is 2. The molecule has 2 aliphatic heterocycles. The number of rotatable bonds is 4. The van der Waals surface area contributed by atoms with E-state index in [1.54, 1.807) is 11.2 Å². The van der Waals surface area contributed by atoms with Gasteiger partial charge in [-0.05, 0) is 39.0 Å². The summed E-state index contributed by atoms with van der Waals surface area (Å²) in [5, 5.41) is 3.55. The Labute approximate surface area is 159 Å². The summed E-state index contributed by atoms with van der Waals surface area (Å²) >= 11 is 0. The van der Waals surface area contributed by atoms with Crippen LogP contribution in [0.15, 0.2) is 6.33 Å². The van der Waals surface area contributed by atoms with Gasteiger partial charge in [0, 0.05) is 37.2 Å². The largest absolute Gasteiger partial charge is 0.450 e. The molecule has 146 valence electrons. The summed E-state index contributed by atoms with van der Waals surface area (Å²) in [7, 11) is 0. The first-order valence-corrected chi connectivity index (χ1v) is 9.95. The van der Waals surface area contributed by atoms with Crippen LogP contribution >= 0.6 is 0 Å². The summed E-state index contributed by atoms with van der Waals surface area (Å²) in [5.41, 5.74) is 2.09. The topological polar surface area (TPSA) is 87.7 Å². The van der Waals surface area contributed by atoms with Gasteiger partial charge in [-0.25, -0.2) is 14.8 Å². The summed E-state index contributed by atoms with van der Waals surface area (Å²) in [4.78, 5) is 36.7. The quantitative estimate of drug-likeness (QED) is 0.866. The first kappa shape index (κ1) is 18.0. The maximum absolute atomic E-state index is 12.3. The number of fused-ring (bicyclic) bond motifs is 1. The molecule has 1 N–H and O–H groups in total. The van der Waals surface area contributed by atoms with Gasteiger partial charge in [-0.15, -0.1) is 0 Å². The zero-order valence-corrected chi connectivity index (χ0v) is 15.8. The minimum atomic E-state index is -0.226. The van der Waals surface area contributed by atoms with E-state index in [9.17, 15) is 9.59 Å². The van der Waals surface area contributed by atoms with E-state index in [0.717, 1.165) is 55.7 Å². The average Bonchev–Trinajstić information content (AvgIpc) is 3.53. The van der Waals surface area contributed by atoms with Crippen molar-refractivity contribution in [2.24, 2.45) is 5.92 Å². The van der Waals surface area contributed by atoms with Crippen molar-refractivity contribution in [1.29, 1.82) is 0 Å². The Morgan fingerprint density at radius 3 is 2.63 bits per heavy atom. The number of amides is 2. The fourth-order valence-corrected chi connectivity index (χ4v) is 3.87. The summed E-state index contributed by atoms with van der Waals surface area (Å²) < 4.78 is 5.07. The molecule has 0 unspecified atom stereocenters. The molecule has 0 aromatic carbocycles. The molecule has 2 fully saturated rings. The molecular weight excluding hydrogens is 346 g/mol.